The summed E-state index contributed by atoms with van der Waals surface area (Å²) in [5.41, 5.74) is 2.11. The summed E-state index contributed by atoms with van der Waals surface area (Å²) >= 11 is 0. The number of nitrogens with one attached hydrogen (secondary N) is 1. The first-order chi connectivity index (χ1) is 11.3. The van der Waals surface area contributed by atoms with Crippen molar-refractivity contribution in [3.8, 4) is 0 Å². The lowest BCUT2D eigenvalue weighted by atomic mass is 10.1. The van der Waals surface area contributed by atoms with Crippen LogP contribution >= 0.6 is 0 Å². The van der Waals surface area contributed by atoms with Crippen molar-refractivity contribution in [1.29, 1.82) is 0 Å². The molecule has 0 amide bonds. The highest BCUT2D eigenvalue weighted by Crippen LogP contribution is 2.27. The Morgan fingerprint density at radius 1 is 1.12 bits per heavy atom. The number of anilines is 1. The Hall–Kier alpha value is -2.48. The van der Waals surface area contributed by atoms with Crippen LogP contribution in [0.1, 0.15) is 30.0 Å². The van der Waals surface area contributed by atoms with E-state index in [-0.39, 0.29) is 6.04 Å². The van der Waals surface area contributed by atoms with Crippen molar-refractivity contribution in [2.75, 3.05) is 11.6 Å². The second-order valence-corrected chi connectivity index (χ2v) is 7.79. The molecule has 126 valence electrons. The molecule has 0 fully saturated rings. The largest absolute Gasteiger partial charge is 0.363 e. The quantitative estimate of drug-likeness (QED) is 0.775. The molecule has 0 aliphatic heterocycles. The summed E-state index contributed by atoms with van der Waals surface area (Å²) < 4.78 is 28.3. The summed E-state index contributed by atoms with van der Waals surface area (Å²) in [5, 5.41) is 8.01. The number of sulfone groups is 1. The molecule has 1 aromatic carbocycles. The van der Waals surface area contributed by atoms with Gasteiger partial charge in [-0.25, -0.2) is 13.4 Å². The van der Waals surface area contributed by atoms with Crippen LogP contribution in [0.15, 0.2) is 33.7 Å². The average Bonchev–Trinajstić information content (AvgIpc) is 2.87. The normalized spacial score (nSPS) is 13.2. The van der Waals surface area contributed by atoms with E-state index in [1.165, 1.54) is 6.26 Å². The summed E-state index contributed by atoms with van der Waals surface area (Å²) in [4.78, 5) is 8.97. The molecule has 2 aromatic heterocycles. The summed E-state index contributed by atoms with van der Waals surface area (Å²) in [6, 6.07) is 6.72. The van der Waals surface area contributed by atoms with E-state index in [0.29, 0.717) is 27.9 Å². The molecule has 0 bridgehead atoms. The maximum absolute atomic E-state index is 11.5. The second kappa shape index (κ2) is 5.86. The minimum atomic E-state index is -3.20. The van der Waals surface area contributed by atoms with Gasteiger partial charge in [0, 0.05) is 12.3 Å². The first-order valence-electron chi connectivity index (χ1n) is 7.43. The lowest BCUT2D eigenvalue weighted by molar-refractivity contribution is 0.442. The van der Waals surface area contributed by atoms with Gasteiger partial charge in [-0.05, 0) is 38.5 Å². The Kier molecular flexibility index (Phi) is 4.00. The molecule has 0 saturated heterocycles. The summed E-state index contributed by atoms with van der Waals surface area (Å²) in [5.74, 6) is 1.23. The molecule has 8 heteroatoms. The molecule has 7 nitrogen and oxygen atoms in total. The first-order valence-corrected chi connectivity index (χ1v) is 9.32. The van der Waals surface area contributed by atoms with Crippen LogP contribution in [0.4, 0.5) is 5.82 Å². The molecule has 0 spiro atoms. The average molecular weight is 346 g/mol. The monoisotopic (exact) mass is 346 g/mol. The number of fused-ring (bicyclic) bond motifs is 1. The first kappa shape index (κ1) is 16.4. The fraction of sp³-hybridized carbons (Fsp3) is 0.312. The third kappa shape index (κ3) is 3.09. The van der Waals surface area contributed by atoms with Crippen molar-refractivity contribution in [1.82, 2.24) is 15.1 Å². The lowest BCUT2D eigenvalue weighted by Gasteiger charge is -2.16. The Balaban J connectivity index is 1.92. The van der Waals surface area contributed by atoms with Crippen LogP contribution in [-0.2, 0) is 9.84 Å². The molecule has 0 aliphatic carbocycles. The predicted molar refractivity (Wildman–Crippen MR) is 90.7 cm³/mol. The number of nitrogens with zero attached hydrogens (tertiary/aromatic N) is 3. The van der Waals surface area contributed by atoms with E-state index in [9.17, 15) is 8.42 Å². The van der Waals surface area contributed by atoms with Crippen LogP contribution in [0.2, 0.25) is 0 Å². The standard InChI is InChI=1S/C16H18N4O3S/c1-9(12-5-7-13(8-6-12)24(4,21)22)17-15-14-10(2)20-23-16(14)19-11(3)18-15/h5-9H,1-4H3,(H,17,18,19)/t9-/m0/s1. The molecule has 2 heterocycles. The molecular formula is C16H18N4O3S. The SMILES string of the molecule is Cc1nc(N[C@@H](C)c2ccc(S(C)(=O)=O)cc2)c2c(C)noc2n1. The van der Waals surface area contributed by atoms with Gasteiger partial charge in [-0.2, -0.15) is 4.98 Å². The highest BCUT2D eigenvalue weighted by molar-refractivity contribution is 7.90. The number of benzene rings is 1. The zero-order valence-corrected chi connectivity index (χ0v) is 14.7. The second-order valence-electron chi connectivity index (χ2n) is 5.77. The number of aromatic nitrogens is 3. The zero-order valence-electron chi connectivity index (χ0n) is 13.9. The number of hydrogen-bond acceptors (Lipinski definition) is 7. The van der Waals surface area contributed by atoms with Gasteiger partial charge in [0.25, 0.3) is 5.71 Å². The molecule has 24 heavy (non-hydrogen) atoms. The molecule has 3 rings (SSSR count). The van der Waals surface area contributed by atoms with E-state index in [2.05, 4.69) is 20.4 Å². The van der Waals surface area contributed by atoms with Gasteiger partial charge >= 0.3 is 0 Å². The Morgan fingerprint density at radius 2 is 1.79 bits per heavy atom. The fourth-order valence-corrected chi connectivity index (χ4v) is 3.12. The Bertz CT molecular complexity index is 994. The van der Waals surface area contributed by atoms with Crippen molar-refractivity contribution in [2.24, 2.45) is 0 Å². The number of aryl methyl sites for hydroxylation is 2. The summed E-state index contributed by atoms with van der Waals surface area (Å²) in [6.07, 6.45) is 1.19. The van der Waals surface area contributed by atoms with Gasteiger partial charge in [-0.3, -0.25) is 0 Å². The van der Waals surface area contributed by atoms with Crippen LogP contribution in [0.5, 0.6) is 0 Å². The molecule has 0 radical (unpaired) electrons. The molecule has 3 aromatic rings. The minimum absolute atomic E-state index is 0.0783. The predicted octanol–water partition coefficient (Wildman–Crippen LogP) is 2.81. The van der Waals surface area contributed by atoms with Crippen molar-refractivity contribution in [3.05, 3.63) is 41.3 Å². The van der Waals surface area contributed by atoms with Crippen molar-refractivity contribution < 1.29 is 12.9 Å². The fourth-order valence-electron chi connectivity index (χ4n) is 2.49. The Morgan fingerprint density at radius 3 is 2.42 bits per heavy atom. The number of hydrogen-bond donors (Lipinski definition) is 1. The van der Waals surface area contributed by atoms with Gasteiger partial charge in [-0.15, -0.1) is 0 Å². The lowest BCUT2D eigenvalue weighted by Crippen LogP contribution is -2.10. The van der Waals surface area contributed by atoms with Gasteiger partial charge in [-0.1, -0.05) is 17.3 Å². The van der Waals surface area contributed by atoms with E-state index in [1.54, 1.807) is 31.2 Å². The maximum Gasteiger partial charge on any atom is 0.263 e. The van der Waals surface area contributed by atoms with Crippen molar-refractivity contribution in [2.45, 2.75) is 31.7 Å². The van der Waals surface area contributed by atoms with E-state index in [0.717, 1.165) is 10.9 Å². The van der Waals surface area contributed by atoms with Gasteiger partial charge < -0.3 is 9.84 Å². The topological polar surface area (TPSA) is 98.0 Å². The summed E-state index contributed by atoms with van der Waals surface area (Å²) in [6.45, 7) is 5.59. The molecule has 1 atom stereocenters. The minimum Gasteiger partial charge on any atom is -0.363 e. The van der Waals surface area contributed by atoms with Crippen LogP contribution in [0.3, 0.4) is 0 Å². The van der Waals surface area contributed by atoms with E-state index < -0.39 is 9.84 Å². The number of rotatable bonds is 4. The van der Waals surface area contributed by atoms with Gasteiger partial charge in [0.1, 0.15) is 17.0 Å². The van der Waals surface area contributed by atoms with E-state index in [1.807, 2.05) is 13.8 Å². The Labute approximate surface area is 140 Å². The third-order valence-electron chi connectivity index (χ3n) is 3.78. The van der Waals surface area contributed by atoms with Crippen LogP contribution in [-0.4, -0.2) is 29.8 Å². The third-order valence-corrected chi connectivity index (χ3v) is 4.91. The van der Waals surface area contributed by atoms with Gasteiger partial charge in [0.05, 0.1) is 10.6 Å². The van der Waals surface area contributed by atoms with Crippen molar-refractivity contribution in [3.63, 3.8) is 0 Å². The molecular weight excluding hydrogens is 328 g/mol. The van der Waals surface area contributed by atoms with Crippen LogP contribution < -0.4 is 5.32 Å². The van der Waals surface area contributed by atoms with Crippen molar-refractivity contribution >= 4 is 26.8 Å². The molecule has 1 N–H and O–H groups in total. The highest BCUT2D eigenvalue weighted by atomic mass is 32.2. The van der Waals surface area contributed by atoms with E-state index in [4.69, 9.17) is 4.52 Å². The van der Waals surface area contributed by atoms with Crippen LogP contribution in [0.25, 0.3) is 11.1 Å². The molecule has 0 unspecified atom stereocenters. The molecule has 0 saturated carbocycles. The highest BCUT2D eigenvalue weighted by Gasteiger charge is 2.16. The van der Waals surface area contributed by atoms with Crippen LogP contribution in [0, 0.1) is 13.8 Å². The van der Waals surface area contributed by atoms with E-state index >= 15 is 0 Å². The van der Waals surface area contributed by atoms with Gasteiger partial charge in [0.2, 0.25) is 0 Å². The maximum atomic E-state index is 11.5. The molecule has 0 aliphatic rings. The van der Waals surface area contributed by atoms with Gasteiger partial charge in [0.15, 0.2) is 9.84 Å². The zero-order chi connectivity index (χ0) is 17.5. The smallest absolute Gasteiger partial charge is 0.263 e. The summed E-state index contributed by atoms with van der Waals surface area (Å²) in [7, 11) is -3.20.